The van der Waals surface area contributed by atoms with Gasteiger partial charge in [-0.15, -0.1) is 0 Å². The van der Waals surface area contributed by atoms with Crippen LogP contribution >= 0.6 is 0 Å². The molecule has 1 aliphatic rings. The van der Waals surface area contributed by atoms with Gasteiger partial charge in [-0.3, -0.25) is 0 Å². The molecular formula is C23H40N2O. The minimum Gasteiger partial charge on any atom is -0.376 e. The standard InChI is InChI=1S/C23H40N2O/c1-6-25(7-2)16-11-15-24-20(3)18-23(21-12-9-8-10-13-21)14-17-26-22(4,5)19-23/h8-10,12-13,20,24H,6-7,11,14-19H2,1-5H3/t20-,23+/m1/s1. The summed E-state index contributed by atoms with van der Waals surface area (Å²) in [5.41, 5.74) is 1.65. The topological polar surface area (TPSA) is 24.5 Å². The second-order valence-electron chi connectivity index (χ2n) is 8.62. The summed E-state index contributed by atoms with van der Waals surface area (Å²) in [6, 6.07) is 11.6. The molecule has 0 aromatic heterocycles. The lowest BCUT2D eigenvalue weighted by Crippen LogP contribution is -2.47. The van der Waals surface area contributed by atoms with E-state index in [4.69, 9.17) is 4.74 Å². The van der Waals surface area contributed by atoms with E-state index in [-0.39, 0.29) is 11.0 Å². The molecule has 148 valence electrons. The lowest BCUT2D eigenvalue weighted by atomic mass is 9.66. The highest BCUT2D eigenvalue weighted by atomic mass is 16.5. The van der Waals surface area contributed by atoms with Gasteiger partial charge in [-0.1, -0.05) is 44.2 Å². The maximum atomic E-state index is 6.05. The SMILES string of the molecule is CCN(CC)CCCN[C@H](C)C[C@@]1(c2ccccc2)CCOC(C)(C)C1. The molecule has 26 heavy (non-hydrogen) atoms. The van der Waals surface area contributed by atoms with Crippen molar-refractivity contribution in [2.45, 2.75) is 77.4 Å². The molecule has 3 heteroatoms. The van der Waals surface area contributed by atoms with E-state index < -0.39 is 0 Å². The van der Waals surface area contributed by atoms with Gasteiger partial charge < -0.3 is 15.0 Å². The van der Waals surface area contributed by atoms with Crippen LogP contribution in [-0.4, -0.2) is 49.3 Å². The summed E-state index contributed by atoms with van der Waals surface area (Å²) in [7, 11) is 0. The zero-order chi connectivity index (χ0) is 19.0. The molecule has 0 saturated carbocycles. The van der Waals surface area contributed by atoms with E-state index in [0.29, 0.717) is 6.04 Å². The minimum absolute atomic E-state index is 0.0451. The summed E-state index contributed by atoms with van der Waals surface area (Å²) < 4.78 is 6.05. The fourth-order valence-corrected chi connectivity index (χ4v) is 4.66. The summed E-state index contributed by atoms with van der Waals surface area (Å²) >= 11 is 0. The van der Waals surface area contributed by atoms with Crippen molar-refractivity contribution in [2.24, 2.45) is 0 Å². The molecule has 2 atom stereocenters. The van der Waals surface area contributed by atoms with E-state index in [2.05, 4.69) is 75.2 Å². The van der Waals surface area contributed by atoms with Crippen molar-refractivity contribution in [1.82, 2.24) is 10.2 Å². The molecule has 1 saturated heterocycles. The van der Waals surface area contributed by atoms with Gasteiger partial charge >= 0.3 is 0 Å². The van der Waals surface area contributed by atoms with E-state index in [1.165, 1.54) is 24.9 Å². The summed E-state index contributed by atoms with van der Waals surface area (Å²) in [5, 5.41) is 3.79. The molecule has 0 aliphatic carbocycles. The number of ether oxygens (including phenoxy) is 1. The first-order valence-electron chi connectivity index (χ1n) is 10.6. The van der Waals surface area contributed by atoms with Crippen molar-refractivity contribution in [3.05, 3.63) is 35.9 Å². The van der Waals surface area contributed by atoms with Crippen LogP contribution in [0.4, 0.5) is 0 Å². The molecule has 1 aromatic carbocycles. The van der Waals surface area contributed by atoms with Crippen molar-refractivity contribution in [1.29, 1.82) is 0 Å². The Morgan fingerprint density at radius 2 is 1.85 bits per heavy atom. The molecule has 2 rings (SSSR count). The summed E-state index contributed by atoms with van der Waals surface area (Å²) in [4.78, 5) is 2.50. The zero-order valence-electron chi connectivity index (χ0n) is 17.7. The van der Waals surface area contributed by atoms with Crippen LogP contribution in [0.15, 0.2) is 30.3 Å². The van der Waals surface area contributed by atoms with Crippen molar-refractivity contribution in [3.63, 3.8) is 0 Å². The first kappa shape index (κ1) is 21.4. The van der Waals surface area contributed by atoms with Gasteiger partial charge in [-0.05, 0) is 78.2 Å². The number of nitrogens with zero attached hydrogens (tertiary/aromatic N) is 1. The smallest absolute Gasteiger partial charge is 0.0635 e. The third kappa shape index (κ3) is 6.07. The zero-order valence-corrected chi connectivity index (χ0v) is 17.7. The van der Waals surface area contributed by atoms with Crippen LogP contribution in [0, 0.1) is 0 Å². The lowest BCUT2D eigenvalue weighted by Gasteiger charge is -2.46. The summed E-state index contributed by atoms with van der Waals surface area (Å²) in [6.45, 7) is 16.8. The first-order chi connectivity index (χ1) is 12.4. The second-order valence-corrected chi connectivity index (χ2v) is 8.62. The molecule has 1 aromatic rings. The Bertz CT molecular complexity index is 512. The van der Waals surface area contributed by atoms with Gasteiger partial charge in [0.15, 0.2) is 0 Å². The van der Waals surface area contributed by atoms with Crippen LogP contribution < -0.4 is 5.32 Å². The molecule has 0 spiro atoms. The van der Waals surface area contributed by atoms with Crippen molar-refractivity contribution >= 4 is 0 Å². The second kappa shape index (κ2) is 9.87. The average Bonchev–Trinajstić information content (AvgIpc) is 2.62. The Hall–Kier alpha value is -0.900. The Morgan fingerprint density at radius 1 is 1.15 bits per heavy atom. The van der Waals surface area contributed by atoms with Crippen LogP contribution in [0.25, 0.3) is 0 Å². The molecule has 1 N–H and O–H groups in total. The quantitative estimate of drug-likeness (QED) is 0.617. The largest absolute Gasteiger partial charge is 0.376 e. The van der Waals surface area contributed by atoms with Gasteiger partial charge in [-0.25, -0.2) is 0 Å². The Kier molecular flexibility index (Phi) is 8.12. The Morgan fingerprint density at radius 3 is 2.46 bits per heavy atom. The third-order valence-corrected chi connectivity index (χ3v) is 5.96. The number of nitrogens with one attached hydrogen (secondary N) is 1. The van der Waals surface area contributed by atoms with E-state index in [1.54, 1.807) is 0 Å². The molecule has 0 unspecified atom stereocenters. The number of rotatable bonds is 10. The predicted octanol–water partition coefficient (Wildman–Crippen LogP) is 4.61. The molecule has 0 amide bonds. The van der Waals surface area contributed by atoms with Gasteiger partial charge in [0.1, 0.15) is 0 Å². The molecule has 3 nitrogen and oxygen atoms in total. The highest BCUT2D eigenvalue weighted by Crippen LogP contribution is 2.44. The number of hydrogen-bond donors (Lipinski definition) is 1. The van der Waals surface area contributed by atoms with E-state index in [0.717, 1.165) is 39.1 Å². The van der Waals surface area contributed by atoms with Crippen LogP contribution in [0.3, 0.4) is 0 Å². The fraction of sp³-hybridized carbons (Fsp3) is 0.739. The van der Waals surface area contributed by atoms with Gasteiger partial charge in [0.2, 0.25) is 0 Å². The Balaban J connectivity index is 1.97. The number of hydrogen-bond acceptors (Lipinski definition) is 3. The molecule has 1 aliphatic heterocycles. The van der Waals surface area contributed by atoms with Crippen molar-refractivity contribution in [2.75, 3.05) is 32.8 Å². The predicted molar refractivity (Wildman–Crippen MR) is 112 cm³/mol. The monoisotopic (exact) mass is 360 g/mol. The van der Waals surface area contributed by atoms with Crippen LogP contribution in [-0.2, 0) is 10.2 Å². The van der Waals surface area contributed by atoms with E-state index in [9.17, 15) is 0 Å². The van der Waals surface area contributed by atoms with Crippen LogP contribution in [0.2, 0.25) is 0 Å². The molecule has 0 radical (unpaired) electrons. The number of benzene rings is 1. The first-order valence-corrected chi connectivity index (χ1v) is 10.6. The lowest BCUT2D eigenvalue weighted by molar-refractivity contribution is -0.0854. The molecule has 0 bridgehead atoms. The minimum atomic E-state index is -0.0451. The van der Waals surface area contributed by atoms with E-state index in [1.807, 2.05) is 0 Å². The fourth-order valence-electron chi connectivity index (χ4n) is 4.66. The molecule has 1 fully saturated rings. The average molecular weight is 361 g/mol. The van der Waals surface area contributed by atoms with Gasteiger partial charge in [0, 0.05) is 18.1 Å². The normalized spacial score (nSPS) is 23.9. The van der Waals surface area contributed by atoms with E-state index >= 15 is 0 Å². The van der Waals surface area contributed by atoms with Crippen molar-refractivity contribution in [3.8, 4) is 0 Å². The van der Waals surface area contributed by atoms with Crippen LogP contribution in [0.1, 0.15) is 65.9 Å². The highest BCUT2D eigenvalue weighted by Gasteiger charge is 2.42. The summed E-state index contributed by atoms with van der Waals surface area (Å²) in [6.07, 6.45) is 4.61. The maximum absolute atomic E-state index is 6.05. The highest BCUT2D eigenvalue weighted by molar-refractivity contribution is 5.27. The Labute approximate surface area is 161 Å². The summed E-state index contributed by atoms with van der Waals surface area (Å²) in [5.74, 6) is 0. The van der Waals surface area contributed by atoms with Gasteiger partial charge in [0.05, 0.1) is 5.60 Å². The van der Waals surface area contributed by atoms with Crippen LogP contribution in [0.5, 0.6) is 0 Å². The third-order valence-electron chi connectivity index (χ3n) is 5.96. The molecule has 1 heterocycles. The maximum Gasteiger partial charge on any atom is 0.0635 e. The molecular weight excluding hydrogens is 320 g/mol. The van der Waals surface area contributed by atoms with Crippen molar-refractivity contribution < 1.29 is 4.74 Å². The van der Waals surface area contributed by atoms with Gasteiger partial charge in [0.25, 0.3) is 0 Å². The van der Waals surface area contributed by atoms with Gasteiger partial charge in [-0.2, -0.15) is 0 Å².